The first-order valence-electron chi connectivity index (χ1n) is 9.48. The van der Waals surface area contributed by atoms with Gasteiger partial charge in [-0.2, -0.15) is 4.98 Å². The van der Waals surface area contributed by atoms with Crippen LogP contribution in [0.5, 0.6) is 5.75 Å². The Morgan fingerprint density at radius 3 is 2.34 bits per heavy atom. The van der Waals surface area contributed by atoms with E-state index in [1.807, 2.05) is 36.1 Å². The largest absolute Gasteiger partial charge is 0.494 e. The molecule has 1 fully saturated rings. The van der Waals surface area contributed by atoms with Gasteiger partial charge in [-0.3, -0.25) is 0 Å². The maximum Gasteiger partial charge on any atom is 0.236 e. The minimum Gasteiger partial charge on any atom is -0.494 e. The molecule has 0 unspecified atom stereocenters. The molecule has 152 valence electrons. The molecule has 2 aromatic carbocycles. The van der Waals surface area contributed by atoms with Crippen molar-refractivity contribution in [3.05, 3.63) is 53.0 Å². The van der Waals surface area contributed by atoms with E-state index in [-0.39, 0.29) is 15.8 Å². The van der Waals surface area contributed by atoms with E-state index in [9.17, 15) is 8.42 Å². The topological polar surface area (TPSA) is 72.6 Å². The monoisotopic (exact) mass is 476 g/mol. The van der Waals surface area contributed by atoms with Gasteiger partial charge in [0.25, 0.3) is 0 Å². The van der Waals surface area contributed by atoms with Gasteiger partial charge in [0.2, 0.25) is 26.6 Å². The average Bonchev–Trinajstić information content (AvgIpc) is 3.39. The van der Waals surface area contributed by atoms with Gasteiger partial charge in [0.15, 0.2) is 0 Å². The smallest absolute Gasteiger partial charge is 0.236 e. The number of aromatic nitrogens is 1. The summed E-state index contributed by atoms with van der Waals surface area (Å²) in [6.07, 6.45) is 1.99. The molecule has 2 heterocycles. The minimum atomic E-state index is -3.82. The fraction of sp³-hybridized carbons (Fsp3) is 0.286. The molecule has 29 heavy (non-hydrogen) atoms. The first kappa shape index (κ1) is 20.0. The maximum atomic E-state index is 13.3. The summed E-state index contributed by atoms with van der Waals surface area (Å²) in [5.41, 5.74) is 0.700. The number of oxazole rings is 1. The average molecular weight is 477 g/mol. The summed E-state index contributed by atoms with van der Waals surface area (Å²) in [7, 11) is -3.82. The molecule has 3 aromatic rings. The molecule has 0 saturated carbocycles. The number of ether oxygens (including phenoxy) is 1. The van der Waals surface area contributed by atoms with Gasteiger partial charge in [0, 0.05) is 23.1 Å². The number of benzene rings is 2. The lowest BCUT2D eigenvalue weighted by atomic mass is 10.2. The number of nitrogens with zero attached hydrogens (tertiary/aromatic N) is 2. The Morgan fingerprint density at radius 2 is 1.72 bits per heavy atom. The lowest BCUT2D eigenvalue weighted by Crippen LogP contribution is -2.19. The van der Waals surface area contributed by atoms with Crippen molar-refractivity contribution < 1.29 is 17.6 Å². The second-order valence-corrected chi connectivity index (χ2v) is 9.52. The molecule has 0 atom stereocenters. The van der Waals surface area contributed by atoms with Crippen LogP contribution in [0.15, 0.2) is 67.3 Å². The van der Waals surface area contributed by atoms with Crippen molar-refractivity contribution in [1.29, 1.82) is 0 Å². The summed E-state index contributed by atoms with van der Waals surface area (Å²) in [5, 5.41) is -0.0365. The van der Waals surface area contributed by atoms with E-state index in [0.717, 1.165) is 36.2 Å². The third-order valence-electron chi connectivity index (χ3n) is 4.76. The van der Waals surface area contributed by atoms with Crippen LogP contribution >= 0.6 is 15.9 Å². The fourth-order valence-electron chi connectivity index (χ4n) is 3.30. The van der Waals surface area contributed by atoms with E-state index in [4.69, 9.17) is 9.15 Å². The van der Waals surface area contributed by atoms with Crippen molar-refractivity contribution in [1.82, 2.24) is 4.98 Å². The van der Waals surface area contributed by atoms with Crippen LogP contribution in [0.25, 0.3) is 11.5 Å². The quantitative estimate of drug-likeness (QED) is 0.501. The van der Waals surface area contributed by atoms with Gasteiger partial charge in [-0.15, -0.1) is 0 Å². The van der Waals surface area contributed by atoms with Crippen LogP contribution in [-0.4, -0.2) is 33.1 Å². The Bertz CT molecular complexity index is 1090. The van der Waals surface area contributed by atoms with Crippen molar-refractivity contribution in [2.45, 2.75) is 29.7 Å². The summed E-state index contributed by atoms with van der Waals surface area (Å²) < 4.78 is 38.9. The maximum absolute atomic E-state index is 13.3. The Morgan fingerprint density at radius 1 is 1.07 bits per heavy atom. The third kappa shape index (κ3) is 4.04. The zero-order valence-corrected chi connectivity index (χ0v) is 18.4. The number of rotatable bonds is 6. The minimum absolute atomic E-state index is 0.0365. The zero-order chi connectivity index (χ0) is 20.4. The van der Waals surface area contributed by atoms with Gasteiger partial charge < -0.3 is 14.1 Å². The number of hydrogen-bond acceptors (Lipinski definition) is 6. The first-order chi connectivity index (χ1) is 14.0. The molecule has 8 heteroatoms. The number of hydrogen-bond donors (Lipinski definition) is 0. The van der Waals surface area contributed by atoms with Crippen molar-refractivity contribution in [3.63, 3.8) is 0 Å². The van der Waals surface area contributed by atoms with E-state index in [0.29, 0.717) is 18.1 Å². The van der Waals surface area contributed by atoms with E-state index in [1.54, 1.807) is 24.3 Å². The van der Waals surface area contributed by atoms with Gasteiger partial charge in [0.05, 0.1) is 11.5 Å². The molecule has 1 saturated heterocycles. The predicted octanol–water partition coefficient (Wildman–Crippen LogP) is 4.94. The van der Waals surface area contributed by atoms with Crippen molar-refractivity contribution in [2.24, 2.45) is 0 Å². The Labute approximate surface area is 178 Å². The molecule has 0 bridgehead atoms. The lowest BCUT2D eigenvalue weighted by molar-refractivity contribution is 0.340. The molecule has 0 spiro atoms. The van der Waals surface area contributed by atoms with Gasteiger partial charge >= 0.3 is 0 Å². The van der Waals surface area contributed by atoms with Crippen molar-refractivity contribution in [3.8, 4) is 17.2 Å². The molecule has 0 amide bonds. The predicted molar refractivity (Wildman–Crippen MR) is 114 cm³/mol. The van der Waals surface area contributed by atoms with Crippen LogP contribution in [0.3, 0.4) is 0 Å². The molecular formula is C21H21BrN2O4S. The molecule has 0 N–H and O–H groups in total. The molecule has 4 rings (SSSR count). The number of halogens is 1. The fourth-order valence-corrected chi connectivity index (χ4v) is 4.89. The van der Waals surface area contributed by atoms with Crippen LogP contribution in [0.2, 0.25) is 0 Å². The number of sulfone groups is 1. The highest BCUT2D eigenvalue weighted by Crippen LogP contribution is 2.36. The van der Waals surface area contributed by atoms with Gasteiger partial charge in [-0.1, -0.05) is 15.9 Å². The number of anilines is 1. The molecule has 1 aromatic heterocycles. The Kier molecular flexibility index (Phi) is 5.65. The third-order valence-corrected chi connectivity index (χ3v) is 6.96. The molecule has 1 aliphatic heterocycles. The highest BCUT2D eigenvalue weighted by Gasteiger charge is 2.32. The molecule has 6 nitrogen and oxygen atoms in total. The first-order valence-corrected chi connectivity index (χ1v) is 11.8. The lowest BCUT2D eigenvalue weighted by Gasteiger charge is -2.14. The molecule has 0 radical (unpaired) electrons. The van der Waals surface area contributed by atoms with Gasteiger partial charge in [-0.05, 0) is 68.3 Å². The summed E-state index contributed by atoms with van der Waals surface area (Å²) in [4.78, 5) is 6.57. The second kappa shape index (κ2) is 8.20. The highest BCUT2D eigenvalue weighted by atomic mass is 79.9. The van der Waals surface area contributed by atoms with E-state index in [1.165, 1.54) is 0 Å². The van der Waals surface area contributed by atoms with Gasteiger partial charge in [0.1, 0.15) is 5.75 Å². The van der Waals surface area contributed by atoms with Crippen LogP contribution in [0, 0.1) is 0 Å². The highest BCUT2D eigenvalue weighted by molar-refractivity contribution is 9.10. The summed E-state index contributed by atoms with van der Waals surface area (Å²) in [5.74, 6) is 1.34. The summed E-state index contributed by atoms with van der Waals surface area (Å²) >= 11 is 3.34. The normalized spacial score (nSPS) is 14.3. The van der Waals surface area contributed by atoms with Crippen LogP contribution in [0.4, 0.5) is 5.88 Å². The van der Waals surface area contributed by atoms with Gasteiger partial charge in [-0.25, -0.2) is 8.42 Å². The summed E-state index contributed by atoms with van der Waals surface area (Å²) in [6, 6.07) is 13.8. The van der Waals surface area contributed by atoms with Crippen LogP contribution in [0.1, 0.15) is 19.8 Å². The summed E-state index contributed by atoms with van der Waals surface area (Å²) in [6.45, 7) is 4.00. The molecule has 1 aliphatic rings. The molecule has 0 aliphatic carbocycles. The Balaban J connectivity index is 1.79. The Hall–Kier alpha value is -2.32. The van der Waals surface area contributed by atoms with E-state index >= 15 is 0 Å². The molecular weight excluding hydrogens is 456 g/mol. The van der Waals surface area contributed by atoms with E-state index < -0.39 is 9.84 Å². The van der Waals surface area contributed by atoms with Crippen molar-refractivity contribution in [2.75, 3.05) is 24.6 Å². The van der Waals surface area contributed by atoms with Crippen LogP contribution in [-0.2, 0) is 9.84 Å². The van der Waals surface area contributed by atoms with Crippen LogP contribution < -0.4 is 9.64 Å². The SMILES string of the molecule is CCOc1ccc(-c2nc(S(=O)(=O)c3ccc(Br)cc3)c(N3CCCC3)o2)cc1. The van der Waals surface area contributed by atoms with Crippen molar-refractivity contribution >= 4 is 31.7 Å². The zero-order valence-electron chi connectivity index (χ0n) is 16.0. The van der Waals surface area contributed by atoms with E-state index in [2.05, 4.69) is 20.9 Å². The standard InChI is InChI=1S/C21H21BrN2O4S/c1-2-27-17-9-5-15(6-10-17)19-23-20(21(28-19)24-13-3-4-14-24)29(25,26)18-11-7-16(22)8-12-18/h5-12H,2-4,13-14H2,1H3. The second-order valence-electron chi connectivity index (χ2n) is 6.74.